The predicted molar refractivity (Wildman–Crippen MR) is 316 cm³/mol. The van der Waals surface area contributed by atoms with Gasteiger partial charge in [0, 0.05) is 12.8 Å². The summed E-state index contributed by atoms with van der Waals surface area (Å²) in [7, 11) is 1.45. The summed E-state index contributed by atoms with van der Waals surface area (Å²) in [6.45, 7) is 4.30. The average Bonchev–Trinajstić information content (AvgIpc) is 3.36. The second-order valence-electron chi connectivity index (χ2n) is 20.7. The molecule has 10 heteroatoms. The van der Waals surface area contributed by atoms with Crippen molar-refractivity contribution in [3.63, 3.8) is 0 Å². The number of unbranched alkanes of at least 4 members (excludes halogenated alkanes) is 21. The predicted octanol–water partition coefficient (Wildman–Crippen LogP) is 18.6. The molecule has 0 amide bonds. The van der Waals surface area contributed by atoms with E-state index in [-0.39, 0.29) is 32.0 Å². The Morgan fingerprint density at radius 1 is 0.432 bits per heavy atom. The number of hydrogen-bond acceptors (Lipinski definition) is 7. The van der Waals surface area contributed by atoms with Crippen LogP contribution in [0.5, 0.6) is 0 Å². The maximum atomic E-state index is 12.8. The summed E-state index contributed by atoms with van der Waals surface area (Å²) in [5, 5.41) is 0. The van der Waals surface area contributed by atoms with Crippen LogP contribution in [0.25, 0.3) is 0 Å². The lowest BCUT2D eigenvalue weighted by atomic mass is 10.0. The first-order chi connectivity index (χ1) is 36.0. The number of allylic oxidation sites excluding steroid dienone is 18. The van der Waals surface area contributed by atoms with E-state index in [0.717, 1.165) is 109 Å². The summed E-state index contributed by atoms with van der Waals surface area (Å²) in [6, 6.07) is 0. The van der Waals surface area contributed by atoms with Crippen LogP contribution < -0.4 is 0 Å². The molecule has 0 aromatic heterocycles. The summed E-state index contributed by atoms with van der Waals surface area (Å²) in [4.78, 5) is 35.7. The largest absolute Gasteiger partial charge is 0.472 e. The number of phosphoric ester groups is 1. The minimum Gasteiger partial charge on any atom is -0.462 e. The lowest BCUT2D eigenvalue weighted by molar-refractivity contribution is -0.870. The smallest absolute Gasteiger partial charge is 0.462 e. The topological polar surface area (TPSA) is 108 Å². The first-order valence-electron chi connectivity index (χ1n) is 29.6. The van der Waals surface area contributed by atoms with Gasteiger partial charge in [0.2, 0.25) is 0 Å². The number of esters is 2. The molecule has 0 radical (unpaired) electrons. The molecule has 2 atom stereocenters. The highest BCUT2D eigenvalue weighted by Crippen LogP contribution is 2.43. The van der Waals surface area contributed by atoms with Crippen molar-refractivity contribution < 1.29 is 42.1 Å². The third kappa shape index (κ3) is 57.9. The lowest BCUT2D eigenvalue weighted by Gasteiger charge is -2.24. The van der Waals surface area contributed by atoms with Gasteiger partial charge in [0.15, 0.2) is 6.10 Å². The second-order valence-corrected chi connectivity index (χ2v) is 22.1. The number of carbonyl (C=O) groups is 2. The zero-order valence-corrected chi connectivity index (χ0v) is 48.9. The Hall–Kier alpha value is -3.33. The first kappa shape index (κ1) is 70.7. The van der Waals surface area contributed by atoms with Crippen LogP contribution in [0.15, 0.2) is 109 Å². The molecule has 0 spiro atoms. The van der Waals surface area contributed by atoms with Gasteiger partial charge in [0.05, 0.1) is 27.7 Å². The molecule has 0 bridgehead atoms. The zero-order chi connectivity index (χ0) is 54.2. The molecule has 0 aliphatic rings. The van der Waals surface area contributed by atoms with E-state index in [9.17, 15) is 19.0 Å². The molecule has 0 aliphatic carbocycles. The van der Waals surface area contributed by atoms with Crippen LogP contribution in [0, 0.1) is 0 Å². The van der Waals surface area contributed by atoms with Gasteiger partial charge in [-0.3, -0.25) is 18.6 Å². The van der Waals surface area contributed by atoms with Crippen molar-refractivity contribution >= 4 is 19.8 Å². The SMILES string of the molecule is CC/C=C\C/C=C\C/C=C\C/C=C\C/C=C\C/C=C\C/C=C\C/C=C\C/C=C\CCCCCCCC(=O)OC(COC(=O)CCCCCCCCCCCCCCCCCCC)COP(=O)(O)OCC[N+](C)(C)C. The number of carbonyl (C=O) groups excluding carboxylic acids is 2. The van der Waals surface area contributed by atoms with Gasteiger partial charge in [-0.05, 0) is 83.5 Å². The maximum absolute atomic E-state index is 12.8. The van der Waals surface area contributed by atoms with Gasteiger partial charge in [-0.1, -0.05) is 245 Å². The summed E-state index contributed by atoms with van der Waals surface area (Å²) < 4.78 is 34.5. The summed E-state index contributed by atoms with van der Waals surface area (Å²) in [5.41, 5.74) is 0. The van der Waals surface area contributed by atoms with Gasteiger partial charge in [-0.15, -0.1) is 0 Å². The van der Waals surface area contributed by atoms with Crippen LogP contribution in [0.2, 0.25) is 0 Å². The monoisotopic (exact) mass is 1050 g/mol. The molecule has 0 aromatic carbocycles. The molecule has 0 fully saturated rings. The minimum atomic E-state index is -4.40. The Kier molecular flexibility index (Phi) is 52.0. The second kappa shape index (κ2) is 54.5. The number of hydrogen-bond donors (Lipinski definition) is 1. The van der Waals surface area contributed by atoms with Crippen LogP contribution in [0.4, 0.5) is 0 Å². The van der Waals surface area contributed by atoms with E-state index in [1.807, 2.05) is 21.1 Å². The van der Waals surface area contributed by atoms with Crippen molar-refractivity contribution in [1.82, 2.24) is 0 Å². The Bertz CT molecular complexity index is 1620. The quantitative estimate of drug-likeness (QED) is 0.0211. The third-order valence-corrected chi connectivity index (χ3v) is 13.3. The molecule has 0 rings (SSSR count). The van der Waals surface area contributed by atoms with Crippen molar-refractivity contribution in [1.29, 1.82) is 0 Å². The van der Waals surface area contributed by atoms with E-state index in [2.05, 4.69) is 123 Å². The van der Waals surface area contributed by atoms with E-state index < -0.39 is 26.5 Å². The fourth-order valence-corrected chi connectivity index (χ4v) is 8.51. The summed E-state index contributed by atoms with van der Waals surface area (Å²) in [5.74, 6) is -0.820. The van der Waals surface area contributed by atoms with Crippen LogP contribution >= 0.6 is 7.82 Å². The molecule has 424 valence electrons. The van der Waals surface area contributed by atoms with Gasteiger partial charge in [-0.25, -0.2) is 4.57 Å². The van der Waals surface area contributed by atoms with E-state index in [1.165, 1.54) is 89.9 Å². The van der Waals surface area contributed by atoms with Gasteiger partial charge in [-0.2, -0.15) is 0 Å². The van der Waals surface area contributed by atoms with Gasteiger partial charge in [0.25, 0.3) is 0 Å². The van der Waals surface area contributed by atoms with Crippen LogP contribution in [0.1, 0.15) is 232 Å². The number of rotatable bonds is 53. The van der Waals surface area contributed by atoms with Gasteiger partial charge >= 0.3 is 19.8 Å². The molecule has 0 saturated heterocycles. The van der Waals surface area contributed by atoms with Gasteiger partial charge < -0.3 is 18.9 Å². The summed E-state index contributed by atoms with van der Waals surface area (Å²) >= 11 is 0. The molecule has 1 N–H and O–H groups in total. The molecular formula is C64H111NO8P+. The highest BCUT2D eigenvalue weighted by molar-refractivity contribution is 7.47. The molecular weight excluding hydrogens is 942 g/mol. The fourth-order valence-electron chi connectivity index (χ4n) is 7.77. The summed E-state index contributed by atoms with van der Waals surface area (Å²) in [6.07, 6.45) is 75.8. The van der Waals surface area contributed by atoms with Crippen molar-refractivity contribution in [3.05, 3.63) is 109 Å². The average molecular weight is 1050 g/mol. The van der Waals surface area contributed by atoms with Crippen molar-refractivity contribution in [2.75, 3.05) is 47.5 Å². The molecule has 9 nitrogen and oxygen atoms in total. The minimum absolute atomic E-state index is 0.0233. The first-order valence-corrected chi connectivity index (χ1v) is 31.1. The van der Waals surface area contributed by atoms with Crippen LogP contribution in [0.3, 0.4) is 0 Å². The Morgan fingerprint density at radius 3 is 1.15 bits per heavy atom. The van der Waals surface area contributed by atoms with E-state index in [4.69, 9.17) is 18.5 Å². The number of nitrogens with zero attached hydrogens (tertiary/aromatic N) is 1. The molecule has 0 aliphatic heterocycles. The molecule has 0 aromatic rings. The van der Waals surface area contributed by atoms with Crippen LogP contribution in [-0.2, 0) is 32.7 Å². The number of ether oxygens (including phenoxy) is 2. The van der Waals surface area contributed by atoms with E-state index in [1.54, 1.807) is 0 Å². The molecule has 0 heterocycles. The fraction of sp³-hybridized carbons (Fsp3) is 0.688. The lowest BCUT2D eigenvalue weighted by Crippen LogP contribution is -2.37. The Labute approximate surface area is 455 Å². The third-order valence-electron chi connectivity index (χ3n) is 12.3. The van der Waals surface area contributed by atoms with E-state index >= 15 is 0 Å². The number of quaternary nitrogens is 1. The van der Waals surface area contributed by atoms with Gasteiger partial charge in [0.1, 0.15) is 19.8 Å². The van der Waals surface area contributed by atoms with Crippen molar-refractivity contribution in [3.8, 4) is 0 Å². The maximum Gasteiger partial charge on any atom is 0.472 e. The molecule has 2 unspecified atom stereocenters. The Morgan fingerprint density at radius 2 is 0.770 bits per heavy atom. The standard InChI is InChI=1S/C64H110NO8P/c1-6-8-10-12-14-16-18-20-22-24-25-26-27-28-29-30-31-32-33-34-35-36-37-38-39-41-43-45-47-49-51-53-55-57-64(67)73-62(61-72-74(68,69)71-59-58-65(3,4)5)60-70-63(66)56-54-52-50-48-46-44-42-40-23-21-19-17-15-13-11-9-7-2/h8,10,14,16,20,22,25-26,28-29,31-32,34-35,37-38,41,43,62H,6-7,9,11-13,15,17-19,21,23-24,27,30,33,36,39-40,42,44-61H2,1-5H3/p+1/b10-8-,16-14-,22-20-,26-25-,29-28-,32-31-,35-34-,38-37-,43-41-. The molecule has 74 heavy (non-hydrogen) atoms. The molecule has 0 saturated carbocycles. The normalized spacial score (nSPS) is 14.1. The highest BCUT2D eigenvalue weighted by Gasteiger charge is 2.27. The Balaban J connectivity index is 4.22. The van der Waals surface area contributed by atoms with Crippen molar-refractivity contribution in [2.45, 2.75) is 238 Å². The van der Waals surface area contributed by atoms with Crippen molar-refractivity contribution in [2.24, 2.45) is 0 Å². The van der Waals surface area contributed by atoms with E-state index in [0.29, 0.717) is 17.4 Å². The zero-order valence-electron chi connectivity index (χ0n) is 48.0. The number of phosphoric acid groups is 1. The van der Waals surface area contributed by atoms with Crippen LogP contribution in [-0.4, -0.2) is 74.9 Å². The highest BCUT2D eigenvalue weighted by atomic mass is 31.2. The number of likely N-dealkylation sites (N-methyl/N-ethyl adjacent to an activating group) is 1.